The van der Waals surface area contributed by atoms with Crippen LogP contribution in [0.25, 0.3) is 5.57 Å². The molecule has 0 radical (unpaired) electrons. The molecule has 0 aromatic heterocycles. The lowest BCUT2D eigenvalue weighted by atomic mass is 9.90. The molecule has 1 amide bonds. The van der Waals surface area contributed by atoms with E-state index >= 15 is 0 Å². The first-order valence-electron chi connectivity index (χ1n) is 10.2. The number of hydrogen-bond donors (Lipinski definition) is 0. The first-order chi connectivity index (χ1) is 14.6. The van der Waals surface area contributed by atoms with Gasteiger partial charge in [-0.1, -0.05) is 68.5 Å². The minimum Gasteiger partial charge on any atom is -0.365 e. The summed E-state index contributed by atoms with van der Waals surface area (Å²) in [6, 6.07) is 13.5. The fourth-order valence-corrected chi connectivity index (χ4v) is 3.94. The van der Waals surface area contributed by atoms with Crippen LogP contribution in [-0.2, 0) is 38.5 Å². The van der Waals surface area contributed by atoms with Crippen LogP contribution < -0.4 is 0 Å². The molecule has 0 saturated carbocycles. The molecule has 0 N–H and O–H groups in total. The smallest absolute Gasteiger partial charge is 0.307 e. The maximum atomic E-state index is 13.5. The van der Waals surface area contributed by atoms with Crippen molar-refractivity contribution in [3.05, 3.63) is 76.9 Å². The summed E-state index contributed by atoms with van der Waals surface area (Å²) >= 11 is 0. The minimum atomic E-state index is -3.76. The van der Waals surface area contributed by atoms with Crippen molar-refractivity contribution >= 4 is 27.5 Å². The van der Waals surface area contributed by atoms with Crippen molar-refractivity contribution in [2.45, 2.75) is 47.1 Å². The summed E-state index contributed by atoms with van der Waals surface area (Å²) < 4.78 is 27.8. The Morgan fingerprint density at radius 1 is 1.10 bits per heavy atom. The fourth-order valence-electron chi connectivity index (χ4n) is 3.46. The molecule has 0 unspecified atom stereocenters. The summed E-state index contributed by atoms with van der Waals surface area (Å²) in [6.45, 7) is 11.8. The van der Waals surface area contributed by atoms with Gasteiger partial charge in [-0.3, -0.25) is 4.79 Å². The number of hydrogen-bond acceptors (Lipinski definition) is 5. The molecular weight excluding hydrogens is 412 g/mol. The molecule has 6 nitrogen and oxygen atoms in total. The third-order valence-corrected chi connectivity index (χ3v) is 5.25. The third-order valence-electron chi connectivity index (χ3n) is 4.71. The number of carbonyl (C=O) groups excluding carboxylic acids is 1. The summed E-state index contributed by atoms with van der Waals surface area (Å²) in [5.41, 5.74) is 5.21. The lowest BCUT2D eigenvalue weighted by molar-refractivity contribution is -0.125. The highest BCUT2D eigenvalue weighted by Gasteiger charge is 2.23. The monoisotopic (exact) mass is 442 g/mol. The lowest BCUT2D eigenvalue weighted by Crippen LogP contribution is -2.28. The lowest BCUT2D eigenvalue weighted by Gasteiger charge is -2.22. The maximum Gasteiger partial charge on any atom is 0.307 e. The van der Waals surface area contributed by atoms with E-state index in [0.717, 1.165) is 46.9 Å². The van der Waals surface area contributed by atoms with Crippen molar-refractivity contribution in [2.24, 2.45) is 5.10 Å². The van der Waals surface area contributed by atoms with Crippen LogP contribution >= 0.6 is 0 Å². The van der Waals surface area contributed by atoms with Crippen molar-refractivity contribution in [2.75, 3.05) is 6.26 Å². The number of aryl methyl sites for hydroxylation is 3. The van der Waals surface area contributed by atoms with Gasteiger partial charge in [-0.2, -0.15) is 8.42 Å². The molecule has 0 aliphatic heterocycles. The van der Waals surface area contributed by atoms with Crippen LogP contribution in [0, 0.1) is 6.92 Å². The van der Waals surface area contributed by atoms with Crippen LogP contribution in [0.1, 0.15) is 48.6 Å². The standard InChI is InChI=1S/C24H30N2O4S/c1-7-21-14-17(3)15-22(8-2)23(21)18(4)24(27)26(16-20-12-10-9-11-13-20)25-19(5)30-31(6,28)29/h9-15H,4,7-8,16H2,1-3,5-6H3/b25-19-. The second-order valence-electron chi connectivity index (χ2n) is 7.40. The summed E-state index contributed by atoms with van der Waals surface area (Å²) in [4.78, 5) is 13.5. The second-order valence-corrected chi connectivity index (χ2v) is 8.97. The second kappa shape index (κ2) is 10.4. The van der Waals surface area contributed by atoms with E-state index in [4.69, 9.17) is 4.18 Å². The Kier molecular flexibility index (Phi) is 8.16. The Labute approximate surface area is 185 Å². The topological polar surface area (TPSA) is 76.0 Å². The van der Waals surface area contributed by atoms with Gasteiger partial charge in [0, 0.05) is 12.5 Å². The van der Waals surface area contributed by atoms with Gasteiger partial charge >= 0.3 is 10.1 Å². The van der Waals surface area contributed by atoms with E-state index in [-0.39, 0.29) is 12.4 Å². The van der Waals surface area contributed by atoms with Crippen molar-refractivity contribution in [3.8, 4) is 0 Å². The normalized spacial score (nSPS) is 11.8. The van der Waals surface area contributed by atoms with Gasteiger partial charge in [0.2, 0.25) is 5.90 Å². The number of rotatable bonds is 8. The molecule has 2 aromatic rings. The number of amides is 1. The molecule has 31 heavy (non-hydrogen) atoms. The quantitative estimate of drug-likeness (QED) is 0.199. The number of benzene rings is 2. The zero-order chi connectivity index (χ0) is 23.2. The summed E-state index contributed by atoms with van der Waals surface area (Å²) in [5, 5.41) is 5.38. The number of carbonyl (C=O) groups is 1. The van der Waals surface area contributed by atoms with E-state index in [9.17, 15) is 13.2 Å². The Bertz CT molecular complexity index is 1060. The molecule has 166 valence electrons. The van der Waals surface area contributed by atoms with Gasteiger partial charge in [0.05, 0.1) is 12.8 Å². The predicted octanol–water partition coefficient (Wildman–Crippen LogP) is 4.47. The van der Waals surface area contributed by atoms with Crippen LogP contribution in [0.15, 0.2) is 54.1 Å². The van der Waals surface area contributed by atoms with Gasteiger partial charge in [0.15, 0.2) is 0 Å². The molecular formula is C24H30N2O4S. The molecule has 0 saturated heterocycles. The van der Waals surface area contributed by atoms with Gasteiger partial charge in [0.1, 0.15) is 0 Å². The number of nitrogens with zero attached hydrogens (tertiary/aromatic N) is 2. The van der Waals surface area contributed by atoms with E-state index in [1.54, 1.807) is 0 Å². The first-order valence-corrected chi connectivity index (χ1v) is 12.0. The Morgan fingerprint density at radius 2 is 1.65 bits per heavy atom. The summed E-state index contributed by atoms with van der Waals surface area (Å²) in [7, 11) is -3.76. The Hall–Kier alpha value is -2.93. The SMILES string of the molecule is C=C(C(=O)N(Cc1ccccc1)/N=C(/C)OS(C)(=O)=O)c1c(CC)cc(C)cc1CC. The van der Waals surface area contributed by atoms with Gasteiger partial charge < -0.3 is 4.18 Å². The van der Waals surface area contributed by atoms with Crippen LogP contribution in [-0.4, -0.2) is 31.5 Å². The zero-order valence-electron chi connectivity index (χ0n) is 18.8. The third kappa shape index (κ3) is 6.79. The minimum absolute atomic E-state index is 0.144. The molecule has 2 aromatic carbocycles. The molecule has 0 aliphatic rings. The van der Waals surface area contributed by atoms with Crippen LogP contribution in [0.5, 0.6) is 0 Å². The Balaban J connectivity index is 2.49. The fraction of sp³-hybridized carbons (Fsp3) is 0.333. The molecule has 0 spiro atoms. The molecule has 0 bridgehead atoms. The molecule has 7 heteroatoms. The average molecular weight is 443 g/mol. The zero-order valence-corrected chi connectivity index (χ0v) is 19.6. The largest absolute Gasteiger partial charge is 0.365 e. The van der Waals surface area contributed by atoms with Gasteiger partial charge in [0.25, 0.3) is 5.91 Å². The van der Waals surface area contributed by atoms with Crippen molar-refractivity contribution in [3.63, 3.8) is 0 Å². The molecule has 0 aliphatic carbocycles. The van der Waals surface area contributed by atoms with Crippen molar-refractivity contribution in [1.29, 1.82) is 0 Å². The van der Waals surface area contributed by atoms with E-state index < -0.39 is 16.0 Å². The molecule has 0 atom stereocenters. The average Bonchev–Trinajstić information content (AvgIpc) is 2.70. The molecule has 0 fully saturated rings. The highest BCUT2D eigenvalue weighted by Crippen LogP contribution is 2.28. The maximum absolute atomic E-state index is 13.5. The first kappa shape index (κ1) is 24.3. The van der Waals surface area contributed by atoms with E-state index in [1.807, 2.05) is 51.1 Å². The van der Waals surface area contributed by atoms with E-state index in [1.165, 1.54) is 11.9 Å². The Morgan fingerprint density at radius 3 is 2.13 bits per heavy atom. The van der Waals surface area contributed by atoms with Gasteiger partial charge in [-0.15, -0.1) is 5.10 Å². The highest BCUT2D eigenvalue weighted by atomic mass is 32.2. The van der Waals surface area contributed by atoms with E-state index in [2.05, 4.69) is 23.8 Å². The summed E-state index contributed by atoms with van der Waals surface area (Å²) in [5.74, 6) is -0.552. The van der Waals surface area contributed by atoms with Crippen LogP contribution in [0.4, 0.5) is 0 Å². The van der Waals surface area contributed by atoms with Gasteiger partial charge in [-0.05, 0) is 42.0 Å². The van der Waals surface area contributed by atoms with Crippen LogP contribution in [0.2, 0.25) is 0 Å². The molecule has 0 heterocycles. The van der Waals surface area contributed by atoms with Crippen LogP contribution in [0.3, 0.4) is 0 Å². The molecule has 2 rings (SSSR count). The van der Waals surface area contributed by atoms with E-state index in [0.29, 0.717) is 5.57 Å². The highest BCUT2D eigenvalue weighted by molar-refractivity contribution is 7.86. The van der Waals surface area contributed by atoms with Crippen molar-refractivity contribution in [1.82, 2.24) is 5.01 Å². The summed E-state index contributed by atoms with van der Waals surface area (Å²) in [6.07, 6.45) is 2.45. The van der Waals surface area contributed by atoms with Gasteiger partial charge in [-0.25, -0.2) is 5.01 Å². The number of hydrazone groups is 1. The van der Waals surface area contributed by atoms with Crippen molar-refractivity contribution < 1.29 is 17.4 Å². The predicted molar refractivity (Wildman–Crippen MR) is 125 cm³/mol.